The van der Waals surface area contributed by atoms with Crippen molar-refractivity contribution in [2.45, 2.75) is 32.4 Å². The van der Waals surface area contributed by atoms with Crippen molar-refractivity contribution in [1.29, 1.82) is 0 Å². The number of ether oxygens (including phenoxy) is 1. The van der Waals surface area contributed by atoms with Gasteiger partial charge in [-0.05, 0) is 39.0 Å². The minimum absolute atomic E-state index is 0. The number of fused-ring (bicyclic) bond motifs is 1. The van der Waals surface area contributed by atoms with Gasteiger partial charge in [0.1, 0.15) is 18.5 Å². The van der Waals surface area contributed by atoms with Crippen LogP contribution in [-0.4, -0.2) is 34.9 Å². The molecule has 0 saturated heterocycles. The Hall–Kier alpha value is -1.56. The van der Waals surface area contributed by atoms with Gasteiger partial charge in [0.25, 0.3) is 0 Å². The second-order valence-corrected chi connectivity index (χ2v) is 6.14. The summed E-state index contributed by atoms with van der Waals surface area (Å²) >= 11 is 0. The quantitative estimate of drug-likeness (QED) is 0.786. The molecule has 6 heteroatoms. The van der Waals surface area contributed by atoms with Gasteiger partial charge in [-0.3, -0.25) is 4.79 Å². The summed E-state index contributed by atoms with van der Waals surface area (Å²) in [7, 11) is 0. The zero-order chi connectivity index (χ0) is 15.5. The zero-order valence-electron chi connectivity index (χ0n) is 13.1. The third-order valence-electron chi connectivity index (χ3n) is 3.02. The van der Waals surface area contributed by atoms with Crippen molar-refractivity contribution in [3.63, 3.8) is 0 Å². The third kappa shape index (κ3) is 5.33. The van der Waals surface area contributed by atoms with Gasteiger partial charge in [-0.15, -0.1) is 12.4 Å². The predicted octanol–water partition coefficient (Wildman–Crippen LogP) is 2.08. The number of hydrogen-bond donors (Lipinski definition) is 3. The van der Waals surface area contributed by atoms with E-state index in [0.29, 0.717) is 12.3 Å². The van der Waals surface area contributed by atoms with Crippen LogP contribution in [-0.2, 0) is 0 Å². The van der Waals surface area contributed by atoms with Crippen molar-refractivity contribution in [2.75, 3.05) is 13.2 Å². The number of halogens is 1. The normalized spacial score (nSPS) is 12.7. The van der Waals surface area contributed by atoms with Gasteiger partial charge in [0.05, 0.1) is 5.52 Å². The SMILES string of the molecule is CC(C)(C)NCC(O)COc1cccc2[nH]c(=O)ccc12.Cl. The van der Waals surface area contributed by atoms with Gasteiger partial charge < -0.3 is 20.1 Å². The molecule has 1 heterocycles. The number of pyridine rings is 1. The van der Waals surface area contributed by atoms with Gasteiger partial charge in [-0.25, -0.2) is 0 Å². The van der Waals surface area contributed by atoms with Crippen LogP contribution in [0.25, 0.3) is 10.9 Å². The number of hydrogen-bond acceptors (Lipinski definition) is 4. The Bertz CT molecular complexity index is 664. The Kier molecular flexibility index (Phi) is 6.41. The number of aliphatic hydroxyl groups excluding tert-OH is 1. The monoisotopic (exact) mass is 326 g/mol. The molecular formula is C16H23ClN2O3. The minimum atomic E-state index is -0.595. The lowest BCUT2D eigenvalue weighted by Crippen LogP contribution is -2.42. The van der Waals surface area contributed by atoms with Gasteiger partial charge in [0.15, 0.2) is 0 Å². The summed E-state index contributed by atoms with van der Waals surface area (Å²) in [5, 5.41) is 14.0. The summed E-state index contributed by atoms with van der Waals surface area (Å²) in [6.07, 6.45) is -0.595. The average Bonchev–Trinajstić information content (AvgIpc) is 2.41. The van der Waals surface area contributed by atoms with E-state index in [4.69, 9.17) is 4.74 Å². The number of rotatable bonds is 5. The van der Waals surface area contributed by atoms with E-state index in [1.165, 1.54) is 6.07 Å². The molecule has 1 aromatic heterocycles. The van der Waals surface area contributed by atoms with E-state index in [-0.39, 0.29) is 30.1 Å². The van der Waals surface area contributed by atoms with Crippen LogP contribution < -0.4 is 15.6 Å². The molecule has 0 aliphatic rings. The first-order chi connectivity index (χ1) is 9.85. The van der Waals surface area contributed by atoms with Crippen LogP contribution >= 0.6 is 12.4 Å². The van der Waals surface area contributed by atoms with Gasteiger partial charge in [-0.1, -0.05) is 6.07 Å². The highest BCUT2D eigenvalue weighted by Crippen LogP contribution is 2.22. The first-order valence-electron chi connectivity index (χ1n) is 7.03. The Balaban J connectivity index is 0.00000242. The maximum Gasteiger partial charge on any atom is 0.248 e. The number of H-pyrrole nitrogens is 1. The molecule has 0 bridgehead atoms. The van der Waals surface area contributed by atoms with E-state index in [1.807, 2.05) is 39.0 Å². The van der Waals surface area contributed by atoms with Crippen molar-refractivity contribution in [1.82, 2.24) is 10.3 Å². The largest absolute Gasteiger partial charge is 0.490 e. The number of aromatic nitrogens is 1. The molecule has 0 spiro atoms. The summed E-state index contributed by atoms with van der Waals surface area (Å²) in [5.74, 6) is 0.651. The van der Waals surface area contributed by atoms with E-state index in [1.54, 1.807) is 6.07 Å². The Labute approximate surface area is 136 Å². The van der Waals surface area contributed by atoms with E-state index >= 15 is 0 Å². The van der Waals surface area contributed by atoms with Gasteiger partial charge in [0.2, 0.25) is 5.56 Å². The lowest BCUT2D eigenvalue weighted by Gasteiger charge is -2.23. The van der Waals surface area contributed by atoms with E-state index in [0.717, 1.165) is 10.9 Å². The van der Waals surface area contributed by atoms with Crippen LogP contribution in [0.15, 0.2) is 35.1 Å². The maximum absolute atomic E-state index is 11.3. The highest BCUT2D eigenvalue weighted by atomic mass is 35.5. The molecule has 0 amide bonds. The summed E-state index contributed by atoms with van der Waals surface area (Å²) in [6.45, 7) is 6.79. The Morgan fingerprint density at radius 2 is 2.00 bits per heavy atom. The number of β-amino-alcohol motifs (C(OH)–C–C–N with tert-alkyl or cyclic N) is 1. The Morgan fingerprint density at radius 1 is 1.27 bits per heavy atom. The van der Waals surface area contributed by atoms with Crippen LogP contribution in [0.5, 0.6) is 5.75 Å². The standard InChI is InChI=1S/C16H22N2O3.ClH/c1-16(2,3)17-9-11(19)10-21-14-6-4-5-13-12(14)7-8-15(20)18-13;/h4-8,11,17,19H,9-10H2,1-3H3,(H,18,20);1H. The molecule has 0 saturated carbocycles. The third-order valence-corrected chi connectivity index (χ3v) is 3.02. The number of nitrogens with one attached hydrogen (secondary N) is 2. The molecule has 2 rings (SSSR count). The van der Waals surface area contributed by atoms with Crippen LogP contribution in [0.2, 0.25) is 0 Å². The summed E-state index contributed by atoms with van der Waals surface area (Å²) in [6, 6.07) is 8.65. The topological polar surface area (TPSA) is 74.3 Å². The fraction of sp³-hybridized carbons (Fsp3) is 0.438. The minimum Gasteiger partial charge on any atom is -0.490 e. The highest BCUT2D eigenvalue weighted by molar-refractivity contribution is 5.85. The van der Waals surface area contributed by atoms with Crippen LogP contribution in [0.1, 0.15) is 20.8 Å². The molecule has 1 atom stereocenters. The zero-order valence-corrected chi connectivity index (χ0v) is 13.9. The molecular weight excluding hydrogens is 304 g/mol. The molecule has 1 aromatic carbocycles. The average molecular weight is 327 g/mol. The van der Waals surface area contributed by atoms with Gasteiger partial charge in [0, 0.05) is 23.5 Å². The number of aliphatic hydroxyl groups is 1. The Morgan fingerprint density at radius 3 is 2.68 bits per heavy atom. The number of benzene rings is 1. The first-order valence-corrected chi connectivity index (χ1v) is 7.03. The summed E-state index contributed by atoms with van der Waals surface area (Å²) < 4.78 is 5.67. The summed E-state index contributed by atoms with van der Waals surface area (Å²) in [5.41, 5.74) is 0.538. The van der Waals surface area contributed by atoms with Crippen LogP contribution in [0.3, 0.4) is 0 Å². The molecule has 0 fully saturated rings. The predicted molar refractivity (Wildman–Crippen MR) is 91.1 cm³/mol. The molecule has 1 unspecified atom stereocenters. The molecule has 5 nitrogen and oxygen atoms in total. The molecule has 2 aromatic rings. The van der Waals surface area contributed by atoms with Gasteiger partial charge >= 0.3 is 0 Å². The van der Waals surface area contributed by atoms with Gasteiger partial charge in [-0.2, -0.15) is 0 Å². The molecule has 22 heavy (non-hydrogen) atoms. The van der Waals surface area contributed by atoms with E-state index in [2.05, 4.69) is 10.3 Å². The molecule has 0 aliphatic heterocycles. The maximum atomic E-state index is 11.3. The van der Waals surface area contributed by atoms with Crippen molar-refractivity contribution < 1.29 is 9.84 Å². The lowest BCUT2D eigenvalue weighted by atomic mass is 10.1. The molecule has 3 N–H and O–H groups in total. The fourth-order valence-electron chi connectivity index (χ4n) is 1.95. The highest BCUT2D eigenvalue weighted by Gasteiger charge is 2.13. The van der Waals surface area contributed by atoms with Crippen LogP contribution in [0, 0.1) is 0 Å². The number of aromatic amines is 1. The van der Waals surface area contributed by atoms with Crippen molar-refractivity contribution in [3.8, 4) is 5.75 Å². The lowest BCUT2D eigenvalue weighted by molar-refractivity contribution is 0.101. The molecule has 122 valence electrons. The van der Waals surface area contributed by atoms with Crippen molar-refractivity contribution in [2.24, 2.45) is 0 Å². The second-order valence-electron chi connectivity index (χ2n) is 6.14. The summed E-state index contributed by atoms with van der Waals surface area (Å²) in [4.78, 5) is 14.0. The van der Waals surface area contributed by atoms with Crippen LogP contribution in [0.4, 0.5) is 0 Å². The van der Waals surface area contributed by atoms with Crippen molar-refractivity contribution >= 4 is 23.3 Å². The molecule has 0 aliphatic carbocycles. The smallest absolute Gasteiger partial charge is 0.248 e. The van der Waals surface area contributed by atoms with E-state index in [9.17, 15) is 9.90 Å². The second kappa shape index (κ2) is 7.63. The van der Waals surface area contributed by atoms with Crippen molar-refractivity contribution in [3.05, 3.63) is 40.7 Å². The molecule has 0 radical (unpaired) electrons. The first kappa shape index (κ1) is 18.5. The fourth-order valence-corrected chi connectivity index (χ4v) is 1.95. The van der Waals surface area contributed by atoms with E-state index < -0.39 is 6.10 Å².